The molecule has 2 saturated heterocycles. The van der Waals surface area contributed by atoms with Crippen LogP contribution in [0.5, 0.6) is 5.75 Å². The number of nitrogens with one attached hydrogen (secondary N) is 2. The normalized spacial score (nSPS) is 30.2. The van der Waals surface area contributed by atoms with Crippen molar-refractivity contribution in [3.8, 4) is 5.75 Å². The first-order valence-electron chi connectivity index (χ1n) is 10.3. The lowest BCUT2D eigenvalue weighted by Crippen LogP contribution is -2.55. The van der Waals surface area contributed by atoms with Crippen LogP contribution < -0.4 is 21.1 Å². The molecule has 0 spiro atoms. The first kappa shape index (κ1) is 20.5. The molecule has 0 saturated carbocycles. The molecular formula is C22H24N4O6. The van der Waals surface area contributed by atoms with E-state index in [1.165, 1.54) is 7.11 Å². The molecule has 4 atom stereocenters. The number of hydrogen-bond donors (Lipinski definition) is 3. The molecule has 4 aliphatic rings. The van der Waals surface area contributed by atoms with Crippen molar-refractivity contribution >= 4 is 23.3 Å². The number of rotatable bonds is 6. The number of nitrogens with two attached hydrogens (primary N) is 1. The second-order valence-corrected chi connectivity index (χ2v) is 8.27. The zero-order chi connectivity index (χ0) is 22.8. The van der Waals surface area contributed by atoms with Gasteiger partial charge in [-0.25, -0.2) is 4.79 Å². The fraction of sp³-hybridized carbons (Fsp3) is 0.409. The van der Waals surface area contributed by atoms with E-state index < -0.39 is 17.7 Å². The van der Waals surface area contributed by atoms with Crippen LogP contribution in [0.15, 0.2) is 46.8 Å². The number of nitrogens with zero attached hydrogens (tertiary/aromatic N) is 1. The summed E-state index contributed by atoms with van der Waals surface area (Å²) < 4.78 is 16.2. The van der Waals surface area contributed by atoms with Gasteiger partial charge in [-0.2, -0.15) is 0 Å². The maximum absolute atomic E-state index is 13.7. The molecular weight excluding hydrogens is 416 g/mol. The van der Waals surface area contributed by atoms with Crippen LogP contribution in [-0.4, -0.2) is 67.7 Å². The first-order valence-corrected chi connectivity index (χ1v) is 10.3. The molecule has 4 N–H and O–H groups in total. The summed E-state index contributed by atoms with van der Waals surface area (Å²) in [4.78, 5) is 40.4. The second kappa shape index (κ2) is 7.07. The fourth-order valence-electron chi connectivity index (χ4n) is 5.26. The standard InChI is InChI=1S/C22H24N4O6/c1-10-16(24-11-4-6-12(30-2)7-5-11)19(28)15-13(9-32-21(23)29)22(31-3)20-14(25-20)8-26(22)17(15)18(10)27/h4-7,13-14,20,24-25H,8-9H2,1-3H3,(H2,23,29)/t13-,14+,20+,22?/m0/s1. The van der Waals surface area contributed by atoms with Gasteiger partial charge in [0.2, 0.25) is 11.6 Å². The van der Waals surface area contributed by atoms with E-state index in [1.807, 2.05) is 4.90 Å². The average molecular weight is 440 g/mol. The lowest BCUT2D eigenvalue weighted by Gasteiger charge is -2.39. The third kappa shape index (κ3) is 2.69. The smallest absolute Gasteiger partial charge is 0.404 e. The number of carbonyl (C=O) groups excluding carboxylic acids is 3. The van der Waals surface area contributed by atoms with Crippen LogP contribution >= 0.6 is 0 Å². The number of fused-ring (bicyclic) bond motifs is 4. The Kier molecular flexibility index (Phi) is 4.54. The van der Waals surface area contributed by atoms with Crippen molar-refractivity contribution in [1.82, 2.24) is 10.2 Å². The van der Waals surface area contributed by atoms with Crippen molar-refractivity contribution < 1.29 is 28.6 Å². The summed E-state index contributed by atoms with van der Waals surface area (Å²) in [5.74, 6) is -0.572. The topological polar surface area (TPSA) is 142 Å². The minimum Gasteiger partial charge on any atom is -0.497 e. The van der Waals surface area contributed by atoms with Gasteiger partial charge >= 0.3 is 6.09 Å². The molecule has 2 fully saturated rings. The number of benzene rings is 1. The Morgan fingerprint density at radius 2 is 1.97 bits per heavy atom. The van der Waals surface area contributed by atoms with Gasteiger partial charge < -0.3 is 35.5 Å². The summed E-state index contributed by atoms with van der Waals surface area (Å²) in [6, 6.07) is 7.09. The summed E-state index contributed by atoms with van der Waals surface area (Å²) in [5, 5.41) is 6.42. The Morgan fingerprint density at radius 1 is 1.25 bits per heavy atom. The lowest BCUT2D eigenvalue weighted by atomic mass is 9.82. The lowest BCUT2D eigenvalue weighted by molar-refractivity contribution is -0.137. The highest BCUT2D eigenvalue weighted by molar-refractivity contribution is 6.26. The molecule has 32 heavy (non-hydrogen) atoms. The number of piperazine rings is 1. The summed E-state index contributed by atoms with van der Waals surface area (Å²) in [5.41, 5.74) is 5.97. The van der Waals surface area contributed by atoms with E-state index in [-0.39, 0.29) is 41.5 Å². The Labute approximate surface area is 184 Å². The van der Waals surface area contributed by atoms with Crippen LogP contribution in [0.4, 0.5) is 10.5 Å². The monoisotopic (exact) mass is 440 g/mol. The minimum atomic E-state index is -0.994. The molecule has 168 valence electrons. The highest BCUT2D eigenvalue weighted by Gasteiger charge is 2.72. The molecule has 1 aliphatic carbocycles. The van der Waals surface area contributed by atoms with Gasteiger partial charge in [0.25, 0.3) is 0 Å². The van der Waals surface area contributed by atoms with Gasteiger partial charge in [-0.15, -0.1) is 0 Å². The number of amides is 1. The predicted octanol–water partition coefficient (Wildman–Crippen LogP) is 0.511. The van der Waals surface area contributed by atoms with Crippen LogP contribution in [0.2, 0.25) is 0 Å². The fourth-order valence-corrected chi connectivity index (χ4v) is 5.26. The van der Waals surface area contributed by atoms with E-state index in [0.717, 1.165) is 0 Å². The van der Waals surface area contributed by atoms with E-state index in [1.54, 1.807) is 38.3 Å². The SMILES string of the molecule is COc1ccc(NC2=C(C)C(=O)C3=C(C2=O)[C@H](COC(N)=O)C2(OC)[C@@H]4N[C@@H]4CN32)cc1. The number of anilines is 1. The van der Waals surface area contributed by atoms with E-state index in [0.29, 0.717) is 29.3 Å². The number of hydrogen-bond acceptors (Lipinski definition) is 9. The summed E-state index contributed by atoms with van der Waals surface area (Å²) in [6.07, 6.45) is -0.951. The van der Waals surface area contributed by atoms with Crippen molar-refractivity contribution in [2.45, 2.75) is 24.7 Å². The van der Waals surface area contributed by atoms with Crippen LogP contribution in [0.25, 0.3) is 0 Å². The maximum atomic E-state index is 13.7. The van der Waals surface area contributed by atoms with E-state index in [4.69, 9.17) is 19.9 Å². The molecule has 0 aromatic heterocycles. The second-order valence-electron chi connectivity index (χ2n) is 8.27. The van der Waals surface area contributed by atoms with Gasteiger partial charge in [0.1, 0.15) is 12.4 Å². The molecule has 1 amide bonds. The van der Waals surface area contributed by atoms with Crippen LogP contribution in [0, 0.1) is 5.92 Å². The van der Waals surface area contributed by atoms with Crippen LogP contribution in [0.1, 0.15) is 6.92 Å². The van der Waals surface area contributed by atoms with Crippen molar-refractivity contribution in [1.29, 1.82) is 0 Å². The summed E-state index contributed by atoms with van der Waals surface area (Å²) >= 11 is 0. The minimum absolute atomic E-state index is 0.0847. The molecule has 3 aliphatic heterocycles. The number of methoxy groups -OCH3 is 2. The zero-order valence-electron chi connectivity index (χ0n) is 17.9. The Bertz CT molecular complexity index is 1090. The molecule has 0 radical (unpaired) electrons. The third-order valence-corrected chi connectivity index (χ3v) is 6.79. The van der Waals surface area contributed by atoms with Gasteiger partial charge in [0.15, 0.2) is 5.72 Å². The molecule has 10 nitrogen and oxygen atoms in total. The van der Waals surface area contributed by atoms with Crippen LogP contribution in [0.3, 0.4) is 0 Å². The molecule has 1 aromatic rings. The van der Waals surface area contributed by atoms with E-state index in [2.05, 4.69) is 10.6 Å². The molecule has 0 bridgehead atoms. The Morgan fingerprint density at radius 3 is 2.59 bits per heavy atom. The van der Waals surface area contributed by atoms with Crippen molar-refractivity contribution in [3.05, 3.63) is 46.8 Å². The predicted molar refractivity (Wildman–Crippen MR) is 113 cm³/mol. The Balaban J connectivity index is 1.54. The zero-order valence-corrected chi connectivity index (χ0v) is 17.9. The van der Waals surface area contributed by atoms with Gasteiger partial charge in [0, 0.05) is 36.5 Å². The average Bonchev–Trinajstić information content (AvgIpc) is 3.40. The number of carbonyl (C=O) groups is 3. The number of ketones is 2. The first-order chi connectivity index (χ1) is 15.3. The largest absolute Gasteiger partial charge is 0.497 e. The van der Waals surface area contributed by atoms with Crippen molar-refractivity contribution in [2.24, 2.45) is 11.7 Å². The Hall–Kier alpha value is -3.37. The van der Waals surface area contributed by atoms with E-state index >= 15 is 0 Å². The maximum Gasteiger partial charge on any atom is 0.404 e. The molecule has 1 aromatic carbocycles. The van der Waals surface area contributed by atoms with Gasteiger partial charge in [-0.3, -0.25) is 9.59 Å². The highest BCUT2D eigenvalue weighted by Crippen LogP contribution is 2.55. The van der Waals surface area contributed by atoms with Crippen LogP contribution in [-0.2, 0) is 19.1 Å². The summed E-state index contributed by atoms with van der Waals surface area (Å²) in [7, 11) is 3.11. The molecule has 10 heteroatoms. The van der Waals surface area contributed by atoms with E-state index in [9.17, 15) is 14.4 Å². The number of ether oxygens (including phenoxy) is 3. The van der Waals surface area contributed by atoms with Gasteiger partial charge in [-0.05, 0) is 31.2 Å². The molecule has 1 unspecified atom stereocenters. The van der Waals surface area contributed by atoms with Gasteiger partial charge in [-0.1, -0.05) is 0 Å². The van der Waals surface area contributed by atoms with Crippen molar-refractivity contribution in [3.63, 3.8) is 0 Å². The third-order valence-electron chi connectivity index (χ3n) is 6.79. The molecule has 5 rings (SSSR count). The highest BCUT2D eigenvalue weighted by atomic mass is 16.6. The number of Topliss-reactive ketones (excluding diaryl/α,β-unsaturated/α-hetero) is 2. The quantitative estimate of drug-likeness (QED) is 0.426. The number of primary amides is 1. The molecule has 3 heterocycles. The summed E-state index contributed by atoms with van der Waals surface area (Å²) in [6.45, 7) is 1.99. The number of allylic oxidation sites excluding steroid dienone is 2. The van der Waals surface area contributed by atoms with Crippen molar-refractivity contribution in [2.75, 3.05) is 32.7 Å². The van der Waals surface area contributed by atoms with Gasteiger partial charge in [0.05, 0.1) is 30.5 Å².